The Labute approximate surface area is 164 Å². The van der Waals surface area contributed by atoms with Crippen LogP contribution in [0, 0.1) is 0 Å². The second-order valence-electron chi connectivity index (χ2n) is 6.91. The lowest BCUT2D eigenvalue weighted by Gasteiger charge is -2.34. The van der Waals surface area contributed by atoms with Crippen LogP contribution >= 0.6 is 0 Å². The molecule has 0 radical (unpaired) electrons. The maximum absolute atomic E-state index is 12.3. The van der Waals surface area contributed by atoms with E-state index in [1.807, 2.05) is 19.0 Å². The van der Waals surface area contributed by atoms with Crippen LogP contribution in [0.15, 0.2) is 35.1 Å². The van der Waals surface area contributed by atoms with Gasteiger partial charge in [-0.05, 0) is 45.3 Å². The first kappa shape index (κ1) is 19.8. The minimum Gasteiger partial charge on any atom is -0.459 e. The summed E-state index contributed by atoms with van der Waals surface area (Å²) in [6.07, 6.45) is 3.97. The third-order valence-corrected chi connectivity index (χ3v) is 4.52. The first-order valence-electron chi connectivity index (χ1n) is 9.38. The molecule has 150 valence electrons. The topological polar surface area (TPSA) is 94.8 Å². The number of rotatable bonds is 7. The Morgan fingerprint density at radius 1 is 1.21 bits per heavy atom. The zero-order valence-electron chi connectivity index (χ0n) is 16.3. The van der Waals surface area contributed by atoms with Gasteiger partial charge in [-0.3, -0.25) is 9.59 Å². The lowest BCUT2D eigenvalue weighted by atomic mass is 10.3. The number of nitrogens with zero attached hydrogens (tertiary/aromatic N) is 5. The zero-order valence-corrected chi connectivity index (χ0v) is 16.3. The van der Waals surface area contributed by atoms with Crippen LogP contribution in [-0.4, -0.2) is 84.9 Å². The van der Waals surface area contributed by atoms with Crippen molar-refractivity contribution in [3.8, 4) is 0 Å². The van der Waals surface area contributed by atoms with Crippen LogP contribution in [0.3, 0.4) is 0 Å². The van der Waals surface area contributed by atoms with Crippen molar-refractivity contribution in [2.24, 2.45) is 0 Å². The first-order chi connectivity index (χ1) is 13.5. The van der Waals surface area contributed by atoms with Crippen molar-refractivity contribution in [1.29, 1.82) is 0 Å². The van der Waals surface area contributed by atoms with Crippen LogP contribution < -0.4 is 10.2 Å². The van der Waals surface area contributed by atoms with Crippen LogP contribution in [0.25, 0.3) is 0 Å². The van der Waals surface area contributed by atoms with Crippen molar-refractivity contribution >= 4 is 17.8 Å². The van der Waals surface area contributed by atoms with E-state index >= 15 is 0 Å². The second-order valence-corrected chi connectivity index (χ2v) is 6.91. The second kappa shape index (κ2) is 9.32. The highest BCUT2D eigenvalue weighted by Crippen LogP contribution is 2.14. The molecule has 2 aromatic heterocycles. The standard InChI is InChI=1S/C19H26N6O3/c1-23(2)9-4-7-20-17(26)15-6-8-21-19(22-15)25-12-10-24(11-13-25)18(27)16-5-3-14-28-16/h3,5-6,8,14H,4,7,9-13H2,1-2H3,(H,20,26). The van der Waals surface area contributed by atoms with E-state index < -0.39 is 0 Å². The average molecular weight is 386 g/mol. The smallest absolute Gasteiger partial charge is 0.289 e. The molecule has 0 spiro atoms. The number of hydrogen-bond acceptors (Lipinski definition) is 7. The molecule has 1 saturated heterocycles. The number of amides is 2. The van der Waals surface area contributed by atoms with Gasteiger partial charge >= 0.3 is 0 Å². The average Bonchev–Trinajstić information content (AvgIpc) is 3.25. The number of hydrogen-bond donors (Lipinski definition) is 1. The summed E-state index contributed by atoms with van der Waals surface area (Å²) in [5.74, 6) is 0.536. The fourth-order valence-corrected chi connectivity index (χ4v) is 2.98. The molecule has 3 rings (SSSR count). The van der Waals surface area contributed by atoms with Crippen LogP contribution in [0.5, 0.6) is 0 Å². The molecule has 0 saturated carbocycles. The van der Waals surface area contributed by atoms with Gasteiger partial charge in [-0.25, -0.2) is 9.97 Å². The van der Waals surface area contributed by atoms with E-state index in [0.29, 0.717) is 50.1 Å². The molecule has 1 aliphatic heterocycles. The van der Waals surface area contributed by atoms with Gasteiger partial charge in [0, 0.05) is 38.9 Å². The van der Waals surface area contributed by atoms with Crippen molar-refractivity contribution in [3.05, 3.63) is 42.1 Å². The Morgan fingerprint density at radius 2 is 2.00 bits per heavy atom. The van der Waals surface area contributed by atoms with Crippen molar-refractivity contribution in [2.45, 2.75) is 6.42 Å². The molecule has 3 heterocycles. The van der Waals surface area contributed by atoms with Crippen LogP contribution in [0.4, 0.5) is 5.95 Å². The molecule has 28 heavy (non-hydrogen) atoms. The first-order valence-corrected chi connectivity index (χ1v) is 9.38. The van der Waals surface area contributed by atoms with E-state index in [1.165, 1.54) is 6.26 Å². The van der Waals surface area contributed by atoms with E-state index in [9.17, 15) is 9.59 Å². The van der Waals surface area contributed by atoms with Crippen molar-refractivity contribution in [1.82, 2.24) is 25.1 Å². The highest BCUT2D eigenvalue weighted by molar-refractivity contribution is 5.92. The SMILES string of the molecule is CN(C)CCCNC(=O)c1ccnc(N2CCN(C(=O)c3ccco3)CC2)n1. The number of furan rings is 1. The highest BCUT2D eigenvalue weighted by Gasteiger charge is 2.25. The van der Waals surface area contributed by atoms with E-state index in [2.05, 4.69) is 20.2 Å². The normalized spacial score (nSPS) is 14.4. The fraction of sp³-hybridized carbons (Fsp3) is 0.474. The molecule has 9 nitrogen and oxygen atoms in total. The molecule has 0 aliphatic carbocycles. The van der Waals surface area contributed by atoms with Gasteiger partial charge in [0.25, 0.3) is 11.8 Å². The van der Waals surface area contributed by atoms with Gasteiger partial charge in [0.05, 0.1) is 6.26 Å². The summed E-state index contributed by atoms with van der Waals surface area (Å²) in [5, 5.41) is 2.88. The third-order valence-electron chi connectivity index (χ3n) is 4.52. The summed E-state index contributed by atoms with van der Waals surface area (Å²) < 4.78 is 5.18. The van der Waals surface area contributed by atoms with Gasteiger partial charge in [-0.1, -0.05) is 0 Å². The van der Waals surface area contributed by atoms with E-state index in [1.54, 1.807) is 29.3 Å². The number of nitrogens with one attached hydrogen (secondary N) is 1. The number of anilines is 1. The number of carbonyl (C=O) groups is 2. The number of piperazine rings is 1. The van der Waals surface area contributed by atoms with E-state index in [-0.39, 0.29) is 11.8 Å². The van der Waals surface area contributed by atoms with Gasteiger partial charge in [-0.15, -0.1) is 0 Å². The van der Waals surface area contributed by atoms with Gasteiger partial charge < -0.3 is 24.4 Å². The fourth-order valence-electron chi connectivity index (χ4n) is 2.98. The summed E-state index contributed by atoms with van der Waals surface area (Å²) in [6, 6.07) is 4.98. The van der Waals surface area contributed by atoms with Crippen molar-refractivity contribution in [3.63, 3.8) is 0 Å². The lowest BCUT2D eigenvalue weighted by molar-refractivity contribution is 0.0714. The molecule has 9 heteroatoms. The largest absolute Gasteiger partial charge is 0.459 e. The van der Waals surface area contributed by atoms with Crippen LogP contribution in [-0.2, 0) is 0 Å². The van der Waals surface area contributed by atoms with Crippen LogP contribution in [0.2, 0.25) is 0 Å². The molecule has 1 aliphatic rings. The summed E-state index contributed by atoms with van der Waals surface area (Å²) >= 11 is 0. The Balaban J connectivity index is 1.53. The molecular weight excluding hydrogens is 360 g/mol. The summed E-state index contributed by atoms with van der Waals surface area (Å²) in [6.45, 7) is 3.80. The minimum atomic E-state index is -0.200. The van der Waals surface area contributed by atoms with E-state index in [0.717, 1.165) is 13.0 Å². The Bertz CT molecular complexity index is 785. The summed E-state index contributed by atoms with van der Waals surface area (Å²) in [5.41, 5.74) is 0.351. The van der Waals surface area contributed by atoms with Crippen molar-refractivity contribution < 1.29 is 14.0 Å². The van der Waals surface area contributed by atoms with Crippen molar-refractivity contribution in [2.75, 3.05) is 58.3 Å². The predicted octanol–water partition coefficient (Wildman–Crippen LogP) is 0.714. The Morgan fingerprint density at radius 3 is 2.68 bits per heavy atom. The number of carbonyl (C=O) groups excluding carboxylic acids is 2. The van der Waals surface area contributed by atoms with Gasteiger partial charge in [-0.2, -0.15) is 0 Å². The van der Waals surface area contributed by atoms with Gasteiger partial charge in [0.15, 0.2) is 5.76 Å². The molecule has 0 bridgehead atoms. The quantitative estimate of drug-likeness (QED) is 0.701. The maximum atomic E-state index is 12.3. The molecule has 0 aromatic carbocycles. The van der Waals surface area contributed by atoms with Gasteiger partial charge in [0.1, 0.15) is 5.69 Å². The molecule has 1 N–H and O–H groups in total. The summed E-state index contributed by atoms with van der Waals surface area (Å²) in [4.78, 5) is 39.1. The Hall–Kier alpha value is -2.94. The maximum Gasteiger partial charge on any atom is 0.289 e. The zero-order chi connectivity index (χ0) is 19.9. The molecule has 0 atom stereocenters. The Kier molecular flexibility index (Phi) is 6.59. The minimum absolute atomic E-state index is 0.114. The molecule has 2 aromatic rings. The molecule has 0 unspecified atom stereocenters. The van der Waals surface area contributed by atoms with Crippen LogP contribution in [0.1, 0.15) is 27.5 Å². The highest BCUT2D eigenvalue weighted by atomic mass is 16.3. The lowest BCUT2D eigenvalue weighted by Crippen LogP contribution is -2.49. The van der Waals surface area contributed by atoms with E-state index in [4.69, 9.17) is 4.42 Å². The molecular formula is C19H26N6O3. The molecule has 1 fully saturated rings. The number of aromatic nitrogens is 2. The van der Waals surface area contributed by atoms with Gasteiger partial charge in [0.2, 0.25) is 5.95 Å². The monoisotopic (exact) mass is 386 g/mol. The summed E-state index contributed by atoms with van der Waals surface area (Å²) in [7, 11) is 4.00. The predicted molar refractivity (Wildman–Crippen MR) is 104 cm³/mol. The molecule has 2 amide bonds. The third kappa shape index (κ3) is 5.07.